The number of benzene rings is 8. The van der Waals surface area contributed by atoms with Crippen LogP contribution in [0.1, 0.15) is 6.42 Å². The summed E-state index contributed by atoms with van der Waals surface area (Å²) in [7, 11) is 0. The van der Waals surface area contributed by atoms with Gasteiger partial charge in [0.05, 0.1) is 33.1 Å². The first-order chi connectivity index (χ1) is 26.3. The number of fused-ring (bicyclic) bond motifs is 13. The fourth-order valence-electron chi connectivity index (χ4n) is 9.21. The molecule has 0 saturated carbocycles. The van der Waals surface area contributed by atoms with E-state index in [4.69, 9.17) is 0 Å². The van der Waals surface area contributed by atoms with Gasteiger partial charge in [-0.2, -0.15) is 0 Å². The normalized spacial score (nSPS) is 16.9. The standard InChI is InChI=1S/C49H33N3S/c1-3-12-32(13-4-1)49-50-48-45(53-49)26-22-31-19-20-33-27-35(23-24-37(33)46(31)48)52-42-25-21-30-11-7-8-16-36(30)47(42)40-28-39-38-17-9-10-18-41(38)51(43(39)29-44(40)52)34-14-5-2-6-15-34/h1-12,14-29,32,49-50H,13H2. The minimum atomic E-state index is 0.335. The van der Waals surface area contributed by atoms with Crippen molar-refractivity contribution in [1.29, 1.82) is 0 Å². The van der Waals surface area contributed by atoms with Crippen LogP contribution in [0, 0.1) is 5.92 Å². The first kappa shape index (κ1) is 29.4. The summed E-state index contributed by atoms with van der Waals surface area (Å²) >= 11 is 1.97. The van der Waals surface area contributed by atoms with Crippen molar-refractivity contribution in [3.05, 3.63) is 170 Å². The number of hydrogen-bond acceptors (Lipinski definition) is 2. The van der Waals surface area contributed by atoms with E-state index < -0.39 is 0 Å². The zero-order valence-corrected chi connectivity index (χ0v) is 29.6. The molecule has 0 bridgehead atoms. The lowest BCUT2D eigenvalue weighted by atomic mass is 9.98. The molecule has 3 nitrogen and oxygen atoms in total. The van der Waals surface area contributed by atoms with Gasteiger partial charge < -0.3 is 14.5 Å². The van der Waals surface area contributed by atoms with E-state index in [0.717, 1.165) is 6.42 Å². The molecule has 10 aromatic rings. The van der Waals surface area contributed by atoms with Gasteiger partial charge in [-0.1, -0.05) is 127 Å². The Balaban J connectivity index is 1.13. The third-order valence-electron chi connectivity index (χ3n) is 11.6. The first-order valence-corrected chi connectivity index (χ1v) is 19.4. The Labute approximate surface area is 310 Å². The van der Waals surface area contributed by atoms with Gasteiger partial charge in [0.1, 0.15) is 0 Å². The molecule has 2 atom stereocenters. The molecule has 53 heavy (non-hydrogen) atoms. The number of aromatic nitrogens is 2. The highest BCUT2D eigenvalue weighted by Crippen LogP contribution is 2.48. The Morgan fingerprint density at radius 3 is 2.15 bits per heavy atom. The van der Waals surface area contributed by atoms with Crippen molar-refractivity contribution in [3.8, 4) is 11.4 Å². The Morgan fingerprint density at radius 1 is 0.491 bits per heavy atom. The van der Waals surface area contributed by atoms with Crippen molar-refractivity contribution in [3.63, 3.8) is 0 Å². The van der Waals surface area contributed by atoms with E-state index in [1.54, 1.807) is 0 Å². The predicted octanol–water partition coefficient (Wildman–Crippen LogP) is 13.3. The van der Waals surface area contributed by atoms with Gasteiger partial charge in [0.2, 0.25) is 0 Å². The third kappa shape index (κ3) is 4.24. The lowest BCUT2D eigenvalue weighted by Gasteiger charge is -2.20. The van der Waals surface area contributed by atoms with Crippen molar-refractivity contribution in [1.82, 2.24) is 9.13 Å². The van der Waals surface area contributed by atoms with Crippen molar-refractivity contribution in [2.45, 2.75) is 16.7 Å². The Hall–Kier alpha value is -6.23. The van der Waals surface area contributed by atoms with Crippen molar-refractivity contribution in [2.24, 2.45) is 5.92 Å². The number of allylic oxidation sites excluding steroid dienone is 3. The van der Waals surface area contributed by atoms with Crippen molar-refractivity contribution >= 4 is 93.4 Å². The van der Waals surface area contributed by atoms with Crippen LogP contribution >= 0.6 is 11.8 Å². The van der Waals surface area contributed by atoms with Crippen LogP contribution in [0.15, 0.2) is 175 Å². The minimum Gasteiger partial charge on any atom is -0.371 e. The summed E-state index contributed by atoms with van der Waals surface area (Å²) in [5, 5.41) is 17.1. The Morgan fingerprint density at radius 2 is 1.25 bits per heavy atom. The maximum atomic E-state index is 3.96. The van der Waals surface area contributed by atoms with Crippen LogP contribution in [-0.2, 0) is 0 Å². The largest absolute Gasteiger partial charge is 0.371 e. The lowest BCUT2D eigenvalue weighted by molar-refractivity contribution is 0.662. The van der Waals surface area contributed by atoms with Gasteiger partial charge in [0, 0.05) is 49.1 Å². The van der Waals surface area contributed by atoms with E-state index in [2.05, 4.69) is 184 Å². The molecular weight excluding hydrogens is 663 g/mol. The molecule has 0 amide bonds. The molecular formula is C49H33N3S. The maximum Gasteiger partial charge on any atom is 0.0836 e. The van der Waals surface area contributed by atoms with Gasteiger partial charge in [0.25, 0.3) is 0 Å². The van der Waals surface area contributed by atoms with E-state index in [1.165, 1.54) is 97.9 Å². The van der Waals surface area contributed by atoms with E-state index >= 15 is 0 Å². The van der Waals surface area contributed by atoms with Gasteiger partial charge in [-0.15, -0.1) is 0 Å². The van der Waals surface area contributed by atoms with Crippen LogP contribution in [0.25, 0.3) is 87.3 Å². The van der Waals surface area contributed by atoms with Gasteiger partial charge in [-0.05, 0) is 87.9 Å². The number of rotatable bonds is 3. The molecule has 0 fully saturated rings. The third-order valence-corrected chi connectivity index (χ3v) is 12.9. The predicted molar refractivity (Wildman–Crippen MR) is 227 cm³/mol. The summed E-state index contributed by atoms with van der Waals surface area (Å²) in [4.78, 5) is 1.34. The first-order valence-electron chi connectivity index (χ1n) is 18.5. The average Bonchev–Trinajstić information content (AvgIpc) is 3.90. The van der Waals surface area contributed by atoms with Crippen LogP contribution in [-0.4, -0.2) is 14.5 Å². The Kier molecular flexibility index (Phi) is 6.17. The average molecular weight is 696 g/mol. The van der Waals surface area contributed by atoms with E-state index in [-0.39, 0.29) is 0 Å². The van der Waals surface area contributed by atoms with E-state index in [0.29, 0.717) is 11.3 Å². The molecule has 8 aromatic carbocycles. The van der Waals surface area contributed by atoms with E-state index in [9.17, 15) is 0 Å². The number of nitrogens with zero attached hydrogens (tertiary/aromatic N) is 2. The summed E-state index contributed by atoms with van der Waals surface area (Å²) in [5.41, 5.74) is 8.47. The molecule has 2 aliphatic rings. The highest BCUT2D eigenvalue weighted by Gasteiger charge is 2.29. The molecule has 0 saturated heterocycles. The molecule has 0 radical (unpaired) electrons. The maximum absolute atomic E-state index is 3.96. The quantitative estimate of drug-likeness (QED) is 0.186. The molecule has 250 valence electrons. The summed E-state index contributed by atoms with van der Waals surface area (Å²) in [6, 6.07) is 54.2. The zero-order valence-electron chi connectivity index (χ0n) is 28.8. The lowest BCUT2D eigenvalue weighted by Crippen LogP contribution is -2.21. The number of thioether (sulfide) groups is 1. The molecule has 1 aliphatic carbocycles. The van der Waals surface area contributed by atoms with Crippen LogP contribution < -0.4 is 5.32 Å². The van der Waals surface area contributed by atoms with Crippen LogP contribution in [0.4, 0.5) is 5.69 Å². The Bertz CT molecular complexity index is 3220. The summed E-state index contributed by atoms with van der Waals surface area (Å²) in [6.45, 7) is 0. The molecule has 12 rings (SSSR count). The number of anilines is 1. The van der Waals surface area contributed by atoms with Gasteiger partial charge in [-0.3, -0.25) is 0 Å². The van der Waals surface area contributed by atoms with Crippen molar-refractivity contribution in [2.75, 3.05) is 5.32 Å². The summed E-state index contributed by atoms with van der Waals surface area (Å²) < 4.78 is 4.92. The monoisotopic (exact) mass is 695 g/mol. The second-order valence-corrected chi connectivity index (χ2v) is 15.7. The van der Waals surface area contributed by atoms with Crippen molar-refractivity contribution < 1.29 is 0 Å². The van der Waals surface area contributed by atoms with Gasteiger partial charge >= 0.3 is 0 Å². The number of nitrogens with one attached hydrogen (secondary N) is 1. The topological polar surface area (TPSA) is 21.9 Å². The van der Waals surface area contributed by atoms with Gasteiger partial charge in [-0.25, -0.2) is 0 Å². The van der Waals surface area contributed by atoms with Crippen LogP contribution in [0.5, 0.6) is 0 Å². The molecule has 2 unspecified atom stereocenters. The molecule has 0 spiro atoms. The second kappa shape index (κ2) is 11.1. The molecule has 1 N–H and O–H groups in total. The molecule has 2 aromatic heterocycles. The minimum absolute atomic E-state index is 0.335. The van der Waals surface area contributed by atoms with Gasteiger partial charge in [0.15, 0.2) is 0 Å². The summed E-state index contributed by atoms with van der Waals surface area (Å²) in [5.74, 6) is 0.479. The number of hydrogen-bond donors (Lipinski definition) is 1. The molecule has 3 heterocycles. The van der Waals surface area contributed by atoms with Crippen LogP contribution in [0.2, 0.25) is 0 Å². The SMILES string of the molecule is C1=CCC(C2Nc3c(ccc4ccc5cc(-n6c7cc8c(cc7c7c9ccccc9ccc76)c6ccccc6n8-c6ccccc6)ccc5c34)S2)C=C1. The molecule has 4 heteroatoms. The number of para-hydroxylation sites is 2. The fraction of sp³-hybridized carbons (Fsp3) is 0.0612. The smallest absolute Gasteiger partial charge is 0.0836 e. The summed E-state index contributed by atoms with van der Waals surface area (Å²) in [6.07, 6.45) is 10.1. The fourth-order valence-corrected chi connectivity index (χ4v) is 10.5. The second-order valence-electron chi connectivity index (χ2n) is 14.5. The van der Waals surface area contributed by atoms with Crippen LogP contribution in [0.3, 0.4) is 0 Å². The molecule has 1 aliphatic heterocycles. The highest BCUT2D eigenvalue weighted by molar-refractivity contribution is 8.00. The zero-order chi connectivity index (χ0) is 34.6. The van der Waals surface area contributed by atoms with E-state index in [1.807, 2.05) is 11.8 Å². The highest BCUT2D eigenvalue weighted by atomic mass is 32.2.